The molecule has 2 saturated heterocycles. The molecule has 1 aromatic carbocycles. The van der Waals surface area contributed by atoms with Gasteiger partial charge < -0.3 is 14.6 Å². The lowest BCUT2D eigenvalue weighted by Crippen LogP contribution is -2.55. The van der Waals surface area contributed by atoms with Gasteiger partial charge >= 0.3 is 0 Å². The number of nitrogens with zero attached hydrogens (tertiary/aromatic N) is 3. The standard InChI is InChI=1S/C21H29N3O3/c1-26-19-6-5-15-10-16(21(27-2)22-20(15)11-19)12-24-14-17-4-3-8-23(17)13-18(24)7-9-25/h5-6,10-11,17-18,25H,3-4,7-9,12-14H2,1-2H3/t17?,18-/m0/s1. The van der Waals surface area contributed by atoms with Crippen molar-refractivity contribution in [2.75, 3.05) is 40.5 Å². The Morgan fingerprint density at radius 3 is 2.85 bits per heavy atom. The van der Waals surface area contributed by atoms with Gasteiger partial charge in [-0.25, -0.2) is 4.98 Å². The molecule has 1 unspecified atom stereocenters. The quantitative estimate of drug-likeness (QED) is 0.841. The first-order chi connectivity index (χ1) is 13.2. The van der Waals surface area contributed by atoms with E-state index in [-0.39, 0.29) is 6.61 Å². The molecule has 6 heteroatoms. The van der Waals surface area contributed by atoms with Crippen LogP contribution in [0.25, 0.3) is 10.9 Å². The summed E-state index contributed by atoms with van der Waals surface area (Å²) in [7, 11) is 3.34. The summed E-state index contributed by atoms with van der Waals surface area (Å²) in [5, 5.41) is 10.6. The van der Waals surface area contributed by atoms with Crippen molar-refractivity contribution in [1.82, 2.24) is 14.8 Å². The van der Waals surface area contributed by atoms with Crippen molar-refractivity contribution in [3.63, 3.8) is 0 Å². The highest BCUT2D eigenvalue weighted by Gasteiger charge is 2.36. The van der Waals surface area contributed by atoms with E-state index in [0.29, 0.717) is 18.0 Å². The topological polar surface area (TPSA) is 58.1 Å². The molecule has 2 fully saturated rings. The van der Waals surface area contributed by atoms with Gasteiger partial charge in [-0.1, -0.05) is 0 Å². The van der Waals surface area contributed by atoms with Gasteiger partial charge in [-0.2, -0.15) is 0 Å². The number of hydrogen-bond donors (Lipinski definition) is 1. The molecule has 0 aliphatic carbocycles. The van der Waals surface area contributed by atoms with Crippen LogP contribution in [0.1, 0.15) is 24.8 Å². The van der Waals surface area contributed by atoms with Crippen molar-refractivity contribution in [2.45, 2.75) is 37.9 Å². The van der Waals surface area contributed by atoms with Crippen LogP contribution in [0.15, 0.2) is 24.3 Å². The predicted molar refractivity (Wildman–Crippen MR) is 105 cm³/mol. The van der Waals surface area contributed by atoms with Gasteiger partial charge in [0, 0.05) is 55.3 Å². The normalized spacial score (nSPS) is 23.5. The number of aliphatic hydroxyl groups excluding tert-OH is 1. The maximum absolute atomic E-state index is 9.54. The van der Waals surface area contributed by atoms with Crippen molar-refractivity contribution < 1.29 is 14.6 Å². The molecule has 0 amide bonds. The lowest BCUT2D eigenvalue weighted by Gasteiger charge is -2.43. The zero-order valence-electron chi connectivity index (χ0n) is 16.2. The van der Waals surface area contributed by atoms with E-state index in [1.54, 1.807) is 14.2 Å². The van der Waals surface area contributed by atoms with E-state index in [1.165, 1.54) is 19.4 Å². The van der Waals surface area contributed by atoms with Crippen LogP contribution in [0.2, 0.25) is 0 Å². The first-order valence-electron chi connectivity index (χ1n) is 9.82. The summed E-state index contributed by atoms with van der Waals surface area (Å²) in [6.07, 6.45) is 3.37. The first-order valence-corrected chi connectivity index (χ1v) is 9.82. The Labute approximate surface area is 160 Å². The maximum atomic E-state index is 9.54. The molecule has 2 aliphatic rings. The lowest BCUT2D eigenvalue weighted by molar-refractivity contribution is 0.0328. The molecule has 0 bridgehead atoms. The van der Waals surface area contributed by atoms with Gasteiger partial charge in [0.2, 0.25) is 5.88 Å². The van der Waals surface area contributed by atoms with Gasteiger partial charge in [-0.3, -0.25) is 9.80 Å². The summed E-state index contributed by atoms with van der Waals surface area (Å²) in [5.74, 6) is 1.47. The number of piperazine rings is 1. The van der Waals surface area contributed by atoms with Gasteiger partial charge in [-0.15, -0.1) is 0 Å². The Balaban J connectivity index is 1.62. The SMILES string of the molecule is COc1ccc2cc(CN3CC4CCCN4C[C@@H]3CCO)c(OC)nc2c1. The van der Waals surface area contributed by atoms with Gasteiger partial charge in [0.1, 0.15) is 5.75 Å². The van der Waals surface area contributed by atoms with Crippen LogP contribution in [0.3, 0.4) is 0 Å². The monoisotopic (exact) mass is 371 g/mol. The van der Waals surface area contributed by atoms with E-state index in [9.17, 15) is 5.11 Å². The van der Waals surface area contributed by atoms with Crippen LogP contribution >= 0.6 is 0 Å². The summed E-state index contributed by atoms with van der Waals surface area (Å²) in [5.41, 5.74) is 1.98. The highest BCUT2D eigenvalue weighted by molar-refractivity contribution is 5.81. The number of methoxy groups -OCH3 is 2. The third-order valence-electron chi connectivity index (χ3n) is 6.00. The minimum Gasteiger partial charge on any atom is -0.497 e. The Kier molecular flexibility index (Phi) is 5.48. The second-order valence-corrected chi connectivity index (χ2v) is 7.60. The molecule has 0 radical (unpaired) electrons. The third-order valence-corrected chi connectivity index (χ3v) is 6.00. The fourth-order valence-electron chi connectivity index (χ4n) is 4.57. The molecule has 0 saturated carbocycles. The number of ether oxygens (including phenoxy) is 2. The van der Waals surface area contributed by atoms with E-state index >= 15 is 0 Å². The molecular formula is C21H29N3O3. The molecule has 146 valence electrons. The minimum absolute atomic E-state index is 0.229. The molecule has 3 heterocycles. The second-order valence-electron chi connectivity index (χ2n) is 7.60. The molecule has 0 spiro atoms. The van der Waals surface area contributed by atoms with Gasteiger partial charge in [0.15, 0.2) is 0 Å². The molecule has 2 aromatic rings. The van der Waals surface area contributed by atoms with E-state index < -0.39 is 0 Å². The Morgan fingerprint density at radius 2 is 2.07 bits per heavy atom. The van der Waals surface area contributed by atoms with Crippen molar-refractivity contribution in [2.24, 2.45) is 0 Å². The molecule has 2 atom stereocenters. The van der Waals surface area contributed by atoms with E-state index in [0.717, 1.165) is 48.3 Å². The number of benzene rings is 1. The molecular weight excluding hydrogens is 342 g/mol. The summed E-state index contributed by atoms with van der Waals surface area (Å²) >= 11 is 0. The molecule has 1 aromatic heterocycles. The number of pyridine rings is 1. The van der Waals surface area contributed by atoms with Crippen LogP contribution in [0.4, 0.5) is 0 Å². The Hall–Kier alpha value is -1.89. The summed E-state index contributed by atoms with van der Waals surface area (Å²) < 4.78 is 10.9. The largest absolute Gasteiger partial charge is 0.497 e. The van der Waals surface area contributed by atoms with Crippen molar-refractivity contribution in [3.8, 4) is 11.6 Å². The van der Waals surface area contributed by atoms with E-state index in [4.69, 9.17) is 14.5 Å². The van der Waals surface area contributed by atoms with Crippen LogP contribution < -0.4 is 9.47 Å². The maximum Gasteiger partial charge on any atom is 0.218 e. The number of rotatable bonds is 6. The van der Waals surface area contributed by atoms with Crippen LogP contribution in [0.5, 0.6) is 11.6 Å². The average Bonchev–Trinajstić information content (AvgIpc) is 3.14. The number of fused-ring (bicyclic) bond motifs is 2. The Morgan fingerprint density at radius 1 is 1.19 bits per heavy atom. The van der Waals surface area contributed by atoms with E-state index in [2.05, 4.69) is 15.9 Å². The highest BCUT2D eigenvalue weighted by Crippen LogP contribution is 2.30. The fraction of sp³-hybridized carbons (Fsp3) is 0.571. The average molecular weight is 371 g/mol. The smallest absolute Gasteiger partial charge is 0.218 e. The first kappa shape index (κ1) is 18.5. The fourth-order valence-corrected chi connectivity index (χ4v) is 4.57. The van der Waals surface area contributed by atoms with Crippen LogP contribution in [-0.2, 0) is 6.54 Å². The van der Waals surface area contributed by atoms with Crippen LogP contribution in [0, 0.1) is 0 Å². The minimum atomic E-state index is 0.229. The lowest BCUT2D eigenvalue weighted by atomic mass is 10.0. The van der Waals surface area contributed by atoms with Gasteiger partial charge in [0.05, 0.1) is 19.7 Å². The summed E-state index contributed by atoms with van der Waals surface area (Å²) in [4.78, 5) is 9.82. The number of aromatic nitrogens is 1. The second kappa shape index (κ2) is 8.00. The van der Waals surface area contributed by atoms with Crippen molar-refractivity contribution in [3.05, 3.63) is 29.8 Å². The zero-order chi connectivity index (χ0) is 18.8. The third kappa shape index (κ3) is 3.74. The predicted octanol–water partition coefficient (Wildman–Crippen LogP) is 2.28. The molecule has 4 rings (SSSR count). The van der Waals surface area contributed by atoms with Gasteiger partial charge in [-0.05, 0) is 44.0 Å². The Bertz CT molecular complexity index is 798. The molecule has 6 nitrogen and oxygen atoms in total. The van der Waals surface area contributed by atoms with Crippen molar-refractivity contribution in [1.29, 1.82) is 0 Å². The zero-order valence-corrected chi connectivity index (χ0v) is 16.2. The molecule has 27 heavy (non-hydrogen) atoms. The van der Waals surface area contributed by atoms with Crippen LogP contribution in [-0.4, -0.2) is 72.4 Å². The number of aliphatic hydroxyl groups is 1. The van der Waals surface area contributed by atoms with E-state index in [1.807, 2.05) is 18.2 Å². The summed E-state index contributed by atoms with van der Waals surface area (Å²) in [6.45, 7) is 4.32. The van der Waals surface area contributed by atoms with Crippen molar-refractivity contribution >= 4 is 10.9 Å². The van der Waals surface area contributed by atoms with Gasteiger partial charge in [0.25, 0.3) is 0 Å². The highest BCUT2D eigenvalue weighted by atomic mass is 16.5. The summed E-state index contributed by atoms with van der Waals surface area (Å²) in [6, 6.07) is 9.14. The number of hydrogen-bond acceptors (Lipinski definition) is 6. The molecule has 1 N–H and O–H groups in total. The molecule has 2 aliphatic heterocycles.